The smallest absolute Gasteiger partial charge is 0.0901 e. The molecule has 0 amide bonds. The number of rotatable bonds is 6. The Bertz CT molecular complexity index is 199. The molecule has 1 fully saturated rings. The molecule has 0 aromatic carbocycles. The van der Waals surface area contributed by atoms with E-state index < -0.39 is 0 Å². The lowest BCUT2D eigenvalue weighted by molar-refractivity contribution is -0.325. The second kappa shape index (κ2) is 11.5. The molecule has 1 aliphatic carbocycles. The van der Waals surface area contributed by atoms with Crippen molar-refractivity contribution in [3.8, 4) is 0 Å². The summed E-state index contributed by atoms with van der Waals surface area (Å²) in [6.45, 7) is 1.18. The monoisotopic (exact) mass is 288 g/mol. The van der Waals surface area contributed by atoms with Crippen molar-refractivity contribution in [3.63, 3.8) is 0 Å². The minimum atomic E-state index is 0.0330. The second-order valence-corrected chi connectivity index (χ2v) is 6.04. The van der Waals surface area contributed by atoms with Crippen molar-refractivity contribution in [2.45, 2.75) is 70.6 Å². The van der Waals surface area contributed by atoms with E-state index in [0.29, 0.717) is 13.2 Å². The molecule has 20 heavy (non-hydrogen) atoms. The zero-order chi connectivity index (χ0) is 14.5. The third-order valence-electron chi connectivity index (χ3n) is 4.38. The van der Waals surface area contributed by atoms with E-state index in [2.05, 4.69) is 0 Å². The number of hydrogen-bond donors (Lipinski definition) is 0. The van der Waals surface area contributed by atoms with Gasteiger partial charge in [0.25, 0.3) is 0 Å². The molecule has 0 aromatic heterocycles. The highest BCUT2D eigenvalue weighted by molar-refractivity contribution is 4.79. The first-order valence-corrected chi connectivity index (χ1v) is 8.14. The summed E-state index contributed by atoms with van der Waals surface area (Å²) < 4.78 is 0. The van der Waals surface area contributed by atoms with Crippen LogP contribution in [-0.2, 0) is 19.6 Å². The summed E-state index contributed by atoms with van der Waals surface area (Å²) in [6.07, 6.45) is 14.2. The molecule has 1 saturated carbocycles. The van der Waals surface area contributed by atoms with Gasteiger partial charge in [-0.05, 0) is 12.8 Å². The topological polar surface area (TPSA) is 36.9 Å². The quantitative estimate of drug-likeness (QED) is 0.535. The molecule has 0 saturated heterocycles. The Labute approximate surface area is 124 Å². The fourth-order valence-corrected chi connectivity index (χ4v) is 3.06. The fourth-order valence-electron chi connectivity index (χ4n) is 3.06. The van der Waals surface area contributed by atoms with Gasteiger partial charge in [0.15, 0.2) is 0 Å². The zero-order valence-electron chi connectivity index (χ0n) is 13.3. The summed E-state index contributed by atoms with van der Waals surface area (Å²) in [5, 5.41) is 0. The molecule has 0 unspecified atom stereocenters. The Morgan fingerprint density at radius 1 is 0.600 bits per heavy atom. The maximum absolute atomic E-state index is 5.26. The molecule has 0 radical (unpaired) electrons. The van der Waals surface area contributed by atoms with Crippen molar-refractivity contribution in [1.29, 1.82) is 0 Å². The third kappa shape index (κ3) is 7.58. The first-order valence-electron chi connectivity index (χ1n) is 8.14. The first-order chi connectivity index (χ1) is 9.83. The van der Waals surface area contributed by atoms with Gasteiger partial charge in [0.05, 0.1) is 27.4 Å². The first kappa shape index (κ1) is 17.9. The van der Waals surface area contributed by atoms with Crippen LogP contribution in [0.5, 0.6) is 0 Å². The van der Waals surface area contributed by atoms with Gasteiger partial charge in [-0.15, -0.1) is 0 Å². The summed E-state index contributed by atoms with van der Waals surface area (Å²) in [5.41, 5.74) is 0.0330. The maximum atomic E-state index is 5.26. The standard InChI is InChI=1S/C16H32O4/c1-17-19-14-16(15-20-18-2)12-10-8-6-4-3-5-7-9-11-13-16/h3-15H2,1-2H3. The molecule has 0 aliphatic heterocycles. The lowest BCUT2D eigenvalue weighted by Crippen LogP contribution is -2.32. The third-order valence-corrected chi connectivity index (χ3v) is 4.38. The molecular weight excluding hydrogens is 256 g/mol. The summed E-state index contributed by atoms with van der Waals surface area (Å²) in [6, 6.07) is 0. The predicted molar refractivity (Wildman–Crippen MR) is 79.1 cm³/mol. The van der Waals surface area contributed by atoms with Crippen LogP contribution in [0.3, 0.4) is 0 Å². The van der Waals surface area contributed by atoms with E-state index in [4.69, 9.17) is 19.6 Å². The van der Waals surface area contributed by atoms with Gasteiger partial charge in [-0.3, -0.25) is 0 Å². The van der Waals surface area contributed by atoms with Crippen LogP contribution in [0.1, 0.15) is 70.6 Å². The second-order valence-electron chi connectivity index (χ2n) is 6.04. The van der Waals surface area contributed by atoms with Crippen molar-refractivity contribution in [2.75, 3.05) is 27.4 Å². The lowest BCUT2D eigenvalue weighted by atomic mass is 9.79. The SMILES string of the molecule is COOCC1(COOC)CCCCCCCCCCC1. The molecule has 0 atom stereocenters. The maximum Gasteiger partial charge on any atom is 0.0901 e. The normalized spacial score (nSPS) is 21.9. The molecule has 0 bridgehead atoms. The van der Waals surface area contributed by atoms with Crippen LogP contribution in [0, 0.1) is 5.41 Å². The van der Waals surface area contributed by atoms with Gasteiger partial charge in [-0.2, -0.15) is 0 Å². The molecule has 0 N–H and O–H groups in total. The Balaban J connectivity index is 2.55. The lowest BCUT2D eigenvalue weighted by Gasteiger charge is -2.32. The zero-order valence-corrected chi connectivity index (χ0v) is 13.3. The largest absolute Gasteiger partial charge is 0.240 e. The van der Waals surface area contributed by atoms with Crippen LogP contribution < -0.4 is 0 Å². The molecule has 4 nitrogen and oxygen atoms in total. The molecule has 0 aromatic rings. The Hall–Kier alpha value is -0.160. The van der Waals surface area contributed by atoms with E-state index in [1.165, 1.54) is 57.8 Å². The van der Waals surface area contributed by atoms with Gasteiger partial charge in [-0.1, -0.05) is 57.8 Å². The van der Waals surface area contributed by atoms with E-state index in [-0.39, 0.29) is 5.41 Å². The van der Waals surface area contributed by atoms with Crippen LogP contribution in [0.15, 0.2) is 0 Å². The summed E-state index contributed by atoms with van der Waals surface area (Å²) in [5.74, 6) is 0. The van der Waals surface area contributed by atoms with Crippen LogP contribution in [0.2, 0.25) is 0 Å². The highest BCUT2D eigenvalue weighted by atomic mass is 17.2. The summed E-state index contributed by atoms with van der Waals surface area (Å²) in [7, 11) is 3.14. The van der Waals surface area contributed by atoms with Gasteiger partial charge < -0.3 is 0 Å². The average molecular weight is 288 g/mol. The fraction of sp³-hybridized carbons (Fsp3) is 1.00. The molecule has 0 spiro atoms. The van der Waals surface area contributed by atoms with Gasteiger partial charge in [-0.25, -0.2) is 19.6 Å². The van der Waals surface area contributed by atoms with Crippen molar-refractivity contribution >= 4 is 0 Å². The van der Waals surface area contributed by atoms with Crippen LogP contribution in [-0.4, -0.2) is 27.4 Å². The van der Waals surface area contributed by atoms with Gasteiger partial charge in [0, 0.05) is 5.41 Å². The minimum absolute atomic E-state index is 0.0330. The minimum Gasteiger partial charge on any atom is -0.240 e. The van der Waals surface area contributed by atoms with Gasteiger partial charge in [0.1, 0.15) is 0 Å². The molecule has 4 heteroatoms. The predicted octanol–water partition coefficient (Wildman–Crippen LogP) is 4.43. The Kier molecular flexibility index (Phi) is 10.3. The average Bonchev–Trinajstić information content (AvgIpc) is 2.46. The van der Waals surface area contributed by atoms with E-state index in [1.807, 2.05) is 0 Å². The summed E-state index contributed by atoms with van der Waals surface area (Å²) in [4.78, 5) is 20.2. The Morgan fingerprint density at radius 3 is 1.30 bits per heavy atom. The number of hydrogen-bond acceptors (Lipinski definition) is 4. The molecule has 120 valence electrons. The van der Waals surface area contributed by atoms with Gasteiger partial charge >= 0.3 is 0 Å². The van der Waals surface area contributed by atoms with Crippen molar-refractivity contribution in [1.82, 2.24) is 0 Å². The summed E-state index contributed by atoms with van der Waals surface area (Å²) >= 11 is 0. The van der Waals surface area contributed by atoms with Crippen LogP contribution in [0.4, 0.5) is 0 Å². The van der Waals surface area contributed by atoms with Crippen molar-refractivity contribution in [3.05, 3.63) is 0 Å². The molecule has 1 aliphatic rings. The van der Waals surface area contributed by atoms with Crippen molar-refractivity contribution in [2.24, 2.45) is 5.41 Å². The van der Waals surface area contributed by atoms with E-state index in [9.17, 15) is 0 Å². The van der Waals surface area contributed by atoms with Gasteiger partial charge in [0.2, 0.25) is 0 Å². The molecular formula is C16H32O4. The van der Waals surface area contributed by atoms with Crippen LogP contribution in [0.25, 0.3) is 0 Å². The van der Waals surface area contributed by atoms with E-state index in [1.54, 1.807) is 14.2 Å². The van der Waals surface area contributed by atoms with Crippen LogP contribution >= 0.6 is 0 Å². The highest BCUT2D eigenvalue weighted by Gasteiger charge is 2.31. The highest BCUT2D eigenvalue weighted by Crippen LogP contribution is 2.33. The Morgan fingerprint density at radius 2 is 0.950 bits per heavy atom. The van der Waals surface area contributed by atoms with E-state index >= 15 is 0 Å². The molecule has 0 heterocycles. The molecule has 1 rings (SSSR count). The van der Waals surface area contributed by atoms with E-state index in [0.717, 1.165) is 12.8 Å². The van der Waals surface area contributed by atoms with Crippen molar-refractivity contribution < 1.29 is 19.6 Å².